The molecule has 0 unspecified atom stereocenters. The molecule has 2 aromatic rings. The van der Waals surface area contributed by atoms with Crippen LogP contribution < -0.4 is 0 Å². The zero-order valence-electron chi connectivity index (χ0n) is 11.6. The van der Waals surface area contributed by atoms with E-state index in [9.17, 15) is 4.79 Å². The van der Waals surface area contributed by atoms with Crippen molar-refractivity contribution in [2.45, 2.75) is 27.5 Å². The van der Waals surface area contributed by atoms with Crippen LogP contribution in [0.5, 0.6) is 0 Å². The highest BCUT2D eigenvalue weighted by molar-refractivity contribution is 9.10. The summed E-state index contributed by atoms with van der Waals surface area (Å²) in [7, 11) is 0. The number of halogens is 1. The minimum absolute atomic E-state index is 0.0666. The average molecular weight is 338 g/mol. The second kappa shape index (κ2) is 5.75. The molecule has 2 rings (SSSR count). The van der Waals surface area contributed by atoms with Crippen LogP contribution in [0.25, 0.3) is 11.3 Å². The normalized spacial score (nSPS) is 11.4. The molecular weight excluding hydrogens is 322 g/mol. The lowest BCUT2D eigenvalue weighted by atomic mass is 9.98. The van der Waals surface area contributed by atoms with E-state index in [0.29, 0.717) is 0 Å². The Kier molecular flexibility index (Phi) is 4.23. The number of rotatable bonds is 3. The molecule has 106 valence electrons. The predicted octanol–water partition coefficient (Wildman–Crippen LogP) is 3.25. The van der Waals surface area contributed by atoms with Gasteiger partial charge in [0.2, 0.25) is 0 Å². The Hall–Kier alpha value is -1.69. The highest BCUT2D eigenvalue weighted by Gasteiger charge is 2.23. The second-order valence-electron chi connectivity index (χ2n) is 5.46. The van der Waals surface area contributed by atoms with Crippen molar-refractivity contribution in [2.75, 3.05) is 0 Å². The molecule has 6 heteroatoms. The number of nitrogens with zero attached hydrogens (tertiary/aromatic N) is 3. The van der Waals surface area contributed by atoms with Crippen LogP contribution in [-0.4, -0.2) is 21.0 Å². The van der Waals surface area contributed by atoms with Gasteiger partial charge in [-0.1, -0.05) is 33.3 Å². The molecule has 5 nitrogen and oxygen atoms in total. The fourth-order valence-corrected chi connectivity index (χ4v) is 1.88. The fraction of sp³-hybridized carbons (Fsp3) is 0.357. The summed E-state index contributed by atoms with van der Waals surface area (Å²) in [6, 6.07) is 7.77. The fourth-order valence-electron chi connectivity index (χ4n) is 1.48. The van der Waals surface area contributed by atoms with Gasteiger partial charge in [0.25, 0.3) is 0 Å². The number of benzene rings is 1. The minimum Gasteiger partial charge on any atom is -0.442 e. The predicted molar refractivity (Wildman–Crippen MR) is 78.7 cm³/mol. The molecule has 0 radical (unpaired) electrons. The van der Waals surface area contributed by atoms with Gasteiger partial charge in [0.05, 0.1) is 11.6 Å². The monoisotopic (exact) mass is 337 g/mol. The summed E-state index contributed by atoms with van der Waals surface area (Å²) < 4.78 is 7.65. The first-order valence-corrected chi connectivity index (χ1v) is 6.99. The van der Waals surface area contributed by atoms with Crippen LogP contribution in [0.3, 0.4) is 0 Å². The van der Waals surface area contributed by atoms with Crippen molar-refractivity contribution < 1.29 is 9.53 Å². The minimum atomic E-state index is -0.520. The molecule has 1 aromatic carbocycles. The molecule has 0 bridgehead atoms. The van der Waals surface area contributed by atoms with E-state index in [1.54, 1.807) is 6.20 Å². The van der Waals surface area contributed by atoms with E-state index in [0.717, 1.165) is 15.7 Å². The van der Waals surface area contributed by atoms with E-state index in [-0.39, 0.29) is 12.7 Å². The van der Waals surface area contributed by atoms with E-state index in [1.807, 2.05) is 45.0 Å². The maximum absolute atomic E-state index is 11.7. The van der Waals surface area contributed by atoms with Gasteiger partial charge in [-0.3, -0.25) is 4.79 Å². The molecule has 0 aliphatic carbocycles. The summed E-state index contributed by atoms with van der Waals surface area (Å²) in [5, 5.41) is 8.02. The van der Waals surface area contributed by atoms with E-state index in [1.165, 1.54) is 4.68 Å². The van der Waals surface area contributed by atoms with Gasteiger partial charge in [0.1, 0.15) is 5.69 Å². The quantitative estimate of drug-likeness (QED) is 0.806. The third kappa shape index (κ3) is 3.66. The van der Waals surface area contributed by atoms with E-state index >= 15 is 0 Å². The molecule has 0 saturated carbocycles. The smallest absolute Gasteiger partial charge is 0.313 e. The van der Waals surface area contributed by atoms with Crippen molar-refractivity contribution in [3.05, 3.63) is 34.9 Å². The van der Waals surface area contributed by atoms with Crippen LogP contribution in [0, 0.1) is 5.41 Å². The van der Waals surface area contributed by atoms with Crippen LogP contribution in [0.1, 0.15) is 20.8 Å². The van der Waals surface area contributed by atoms with E-state index in [2.05, 4.69) is 26.2 Å². The van der Waals surface area contributed by atoms with Gasteiger partial charge in [-0.05, 0) is 32.9 Å². The Bertz CT molecular complexity index is 617. The van der Waals surface area contributed by atoms with Crippen LogP contribution in [-0.2, 0) is 16.3 Å². The SMILES string of the molecule is CC(C)(C)C(=O)OCn1cc(-c2cccc(Br)c2)nn1. The number of esters is 1. The zero-order chi connectivity index (χ0) is 14.8. The number of ether oxygens (including phenoxy) is 1. The maximum Gasteiger partial charge on any atom is 0.313 e. The van der Waals surface area contributed by atoms with Gasteiger partial charge in [-0.2, -0.15) is 0 Å². The van der Waals surface area contributed by atoms with Gasteiger partial charge in [-0.15, -0.1) is 5.10 Å². The average Bonchev–Trinajstić information content (AvgIpc) is 2.83. The topological polar surface area (TPSA) is 57.0 Å². The molecule has 0 aliphatic rings. The number of carbonyl (C=O) groups excluding carboxylic acids is 1. The summed E-state index contributed by atoms with van der Waals surface area (Å²) in [5.41, 5.74) is 1.17. The zero-order valence-corrected chi connectivity index (χ0v) is 13.2. The van der Waals surface area contributed by atoms with Crippen molar-refractivity contribution >= 4 is 21.9 Å². The van der Waals surface area contributed by atoms with Crippen molar-refractivity contribution in [2.24, 2.45) is 5.41 Å². The van der Waals surface area contributed by atoms with Gasteiger partial charge < -0.3 is 4.74 Å². The third-order valence-corrected chi connectivity index (χ3v) is 3.09. The van der Waals surface area contributed by atoms with Crippen LogP contribution in [0.4, 0.5) is 0 Å². The first-order chi connectivity index (χ1) is 9.36. The van der Waals surface area contributed by atoms with Gasteiger partial charge >= 0.3 is 5.97 Å². The molecule has 1 heterocycles. The number of aromatic nitrogens is 3. The summed E-state index contributed by atoms with van der Waals surface area (Å²) in [6.45, 7) is 5.49. The number of hydrogen-bond donors (Lipinski definition) is 0. The van der Waals surface area contributed by atoms with Crippen molar-refractivity contribution in [3.63, 3.8) is 0 Å². The molecule has 0 aliphatic heterocycles. The maximum atomic E-state index is 11.7. The Morgan fingerprint density at radius 1 is 1.40 bits per heavy atom. The lowest BCUT2D eigenvalue weighted by Gasteiger charge is -2.15. The molecule has 0 amide bonds. The lowest BCUT2D eigenvalue weighted by Crippen LogP contribution is -2.24. The molecule has 0 fully saturated rings. The Balaban J connectivity index is 2.05. The first-order valence-electron chi connectivity index (χ1n) is 6.19. The highest BCUT2D eigenvalue weighted by Crippen LogP contribution is 2.21. The van der Waals surface area contributed by atoms with E-state index in [4.69, 9.17) is 4.74 Å². The summed E-state index contributed by atoms with van der Waals surface area (Å²) in [6.07, 6.45) is 1.75. The van der Waals surface area contributed by atoms with Gasteiger partial charge in [0, 0.05) is 10.0 Å². The Labute approximate surface area is 126 Å². The third-order valence-electron chi connectivity index (χ3n) is 2.60. The summed E-state index contributed by atoms with van der Waals surface area (Å²) in [4.78, 5) is 11.7. The Morgan fingerprint density at radius 3 is 2.80 bits per heavy atom. The van der Waals surface area contributed by atoms with Gasteiger partial charge in [-0.25, -0.2) is 4.68 Å². The summed E-state index contributed by atoms with van der Waals surface area (Å²) >= 11 is 3.41. The lowest BCUT2D eigenvalue weighted by molar-refractivity contribution is -0.157. The summed E-state index contributed by atoms with van der Waals surface area (Å²) in [5.74, 6) is -0.267. The Morgan fingerprint density at radius 2 is 2.15 bits per heavy atom. The molecule has 0 saturated heterocycles. The standard InChI is InChI=1S/C14H16BrN3O2/c1-14(2,3)13(19)20-9-18-8-12(16-17-18)10-5-4-6-11(15)7-10/h4-8H,9H2,1-3H3. The molecule has 20 heavy (non-hydrogen) atoms. The van der Waals surface area contributed by atoms with Crippen molar-refractivity contribution in [1.29, 1.82) is 0 Å². The number of carbonyl (C=O) groups is 1. The van der Waals surface area contributed by atoms with Crippen molar-refractivity contribution in [1.82, 2.24) is 15.0 Å². The molecule has 0 spiro atoms. The van der Waals surface area contributed by atoms with Crippen LogP contribution >= 0.6 is 15.9 Å². The highest BCUT2D eigenvalue weighted by atomic mass is 79.9. The molecule has 0 atom stereocenters. The van der Waals surface area contributed by atoms with Crippen LogP contribution in [0.15, 0.2) is 34.9 Å². The molecule has 0 N–H and O–H groups in total. The first kappa shape index (κ1) is 14.7. The van der Waals surface area contributed by atoms with Crippen molar-refractivity contribution in [3.8, 4) is 11.3 Å². The molecular formula is C14H16BrN3O2. The number of hydrogen-bond acceptors (Lipinski definition) is 4. The van der Waals surface area contributed by atoms with Gasteiger partial charge in [0.15, 0.2) is 6.73 Å². The van der Waals surface area contributed by atoms with E-state index < -0.39 is 5.41 Å². The van der Waals surface area contributed by atoms with Crippen LogP contribution in [0.2, 0.25) is 0 Å². The molecule has 1 aromatic heterocycles. The second-order valence-corrected chi connectivity index (χ2v) is 6.38. The largest absolute Gasteiger partial charge is 0.442 e.